The minimum atomic E-state index is 0.221. The molecule has 0 aromatic rings. The molecule has 5 unspecified atom stereocenters. The fourth-order valence-corrected chi connectivity index (χ4v) is 4.46. The van der Waals surface area contributed by atoms with Gasteiger partial charge in [0.15, 0.2) is 0 Å². The van der Waals surface area contributed by atoms with Crippen LogP contribution in [-0.4, -0.2) is 18.5 Å². The Morgan fingerprint density at radius 3 is 2.76 bits per heavy atom. The maximum absolute atomic E-state index is 12.4. The van der Waals surface area contributed by atoms with Crippen molar-refractivity contribution in [1.29, 1.82) is 0 Å². The number of ether oxygens (including phenoxy) is 1. The second-order valence-corrected chi connectivity index (χ2v) is 6.32. The summed E-state index contributed by atoms with van der Waals surface area (Å²) in [4.78, 5) is 12.4. The highest BCUT2D eigenvalue weighted by Gasteiger charge is 2.42. The lowest BCUT2D eigenvalue weighted by Crippen LogP contribution is -2.26. The normalized spacial score (nSPS) is 44.4. The van der Waals surface area contributed by atoms with E-state index in [0.717, 1.165) is 43.6 Å². The summed E-state index contributed by atoms with van der Waals surface area (Å²) in [5, 5.41) is 0. The van der Waals surface area contributed by atoms with Gasteiger partial charge in [0.1, 0.15) is 5.78 Å². The summed E-state index contributed by atoms with van der Waals surface area (Å²) in [5.74, 6) is 3.29. The number of carbonyl (C=O) groups is 1. The molecule has 17 heavy (non-hydrogen) atoms. The molecular formula is C15H24O2. The van der Waals surface area contributed by atoms with Gasteiger partial charge in [0.05, 0.1) is 6.10 Å². The van der Waals surface area contributed by atoms with Gasteiger partial charge in [-0.3, -0.25) is 4.79 Å². The number of carbonyl (C=O) groups excluding carboxylic acids is 1. The molecule has 2 bridgehead atoms. The number of rotatable bonds is 4. The Balaban J connectivity index is 1.56. The molecule has 2 nitrogen and oxygen atoms in total. The minimum absolute atomic E-state index is 0.221. The van der Waals surface area contributed by atoms with Crippen molar-refractivity contribution in [2.24, 2.45) is 23.7 Å². The Hall–Kier alpha value is -0.370. The highest BCUT2D eigenvalue weighted by Crippen LogP contribution is 2.50. The Kier molecular flexibility index (Phi) is 3.25. The average molecular weight is 236 g/mol. The summed E-state index contributed by atoms with van der Waals surface area (Å²) in [6, 6.07) is 0. The van der Waals surface area contributed by atoms with E-state index in [1.165, 1.54) is 25.7 Å². The molecule has 2 aliphatic carbocycles. The van der Waals surface area contributed by atoms with E-state index in [1.807, 2.05) is 0 Å². The third-order valence-electron chi connectivity index (χ3n) is 5.37. The van der Waals surface area contributed by atoms with Gasteiger partial charge in [0.25, 0.3) is 0 Å². The molecule has 3 fully saturated rings. The summed E-state index contributed by atoms with van der Waals surface area (Å²) in [7, 11) is 0. The van der Waals surface area contributed by atoms with Gasteiger partial charge in [-0.25, -0.2) is 0 Å². The van der Waals surface area contributed by atoms with Crippen LogP contribution in [0.1, 0.15) is 51.9 Å². The molecule has 0 aromatic carbocycles. The first-order chi connectivity index (χ1) is 8.28. The molecule has 5 atom stereocenters. The highest BCUT2D eigenvalue weighted by atomic mass is 16.5. The first-order valence-corrected chi connectivity index (χ1v) is 7.42. The van der Waals surface area contributed by atoms with Crippen molar-refractivity contribution >= 4 is 5.78 Å². The van der Waals surface area contributed by atoms with Crippen LogP contribution in [0.25, 0.3) is 0 Å². The number of hydrogen-bond acceptors (Lipinski definition) is 2. The Morgan fingerprint density at radius 1 is 1.24 bits per heavy atom. The predicted molar refractivity (Wildman–Crippen MR) is 66.7 cm³/mol. The van der Waals surface area contributed by atoms with Gasteiger partial charge in [-0.15, -0.1) is 0 Å². The third kappa shape index (κ3) is 2.16. The third-order valence-corrected chi connectivity index (χ3v) is 5.37. The van der Waals surface area contributed by atoms with E-state index in [0.29, 0.717) is 5.78 Å². The summed E-state index contributed by atoms with van der Waals surface area (Å²) < 4.78 is 5.64. The van der Waals surface area contributed by atoms with E-state index < -0.39 is 0 Å². The molecule has 0 amide bonds. The average Bonchev–Trinajstić information content (AvgIpc) is 3.04. The zero-order valence-electron chi connectivity index (χ0n) is 10.9. The summed E-state index contributed by atoms with van der Waals surface area (Å²) in [6.45, 7) is 2.93. The molecule has 0 aromatic heterocycles. The summed E-state index contributed by atoms with van der Waals surface area (Å²) in [5.41, 5.74) is 0. The van der Waals surface area contributed by atoms with Gasteiger partial charge in [-0.1, -0.05) is 13.3 Å². The van der Waals surface area contributed by atoms with E-state index in [1.54, 1.807) is 0 Å². The smallest absolute Gasteiger partial charge is 0.138 e. The van der Waals surface area contributed by atoms with Gasteiger partial charge in [-0.2, -0.15) is 0 Å². The van der Waals surface area contributed by atoms with Crippen molar-refractivity contribution in [1.82, 2.24) is 0 Å². The quantitative estimate of drug-likeness (QED) is 0.749. The van der Waals surface area contributed by atoms with Crippen molar-refractivity contribution in [3.63, 3.8) is 0 Å². The topological polar surface area (TPSA) is 26.3 Å². The molecule has 3 aliphatic rings. The Labute approximate surface area is 104 Å². The zero-order chi connectivity index (χ0) is 11.8. The molecule has 96 valence electrons. The van der Waals surface area contributed by atoms with Crippen LogP contribution >= 0.6 is 0 Å². The van der Waals surface area contributed by atoms with Crippen molar-refractivity contribution in [3.05, 3.63) is 0 Å². The molecule has 2 saturated carbocycles. The van der Waals surface area contributed by atoms with Gasteiger partial charge in [0, 0.05) is 18.9 Å². The maximum atomic E-state index is 12.4. The molecule has 0 N–H and O–H groups in total. The molecule has 0 radical (unpaired) electrons. The zero-order valence-corrected chi connectivity index (χ0v) is 10.9. The minimum Gasteiger partial charge on any atom is -0.377 e. The number of hydrogen-bond donors (Lipinski definition) is 0. The fraction of sp³-hybridized carbons (Fsp3) is 0.933. The highest BCUT2D eigenvalue weighted by molar-refractivity contribution is 5.82. The molecule has 1 aliphatic heterocycles. The molecule has 1 heterocycles. The molecular weight excluding hydrogens is 212 g/mol. The van der Waals surface area contributed by atoms with Crippen molar-refractivity contribution in [3.8, 4) is 0 Å². The van der Waals surface area contributed by atoms with Crippen LogP contribution in [0.15, 0.2) is 0 Å². The van der Waals surface area contributed by atoms with E-state index >= 15 is 0 Å². The number of Topliss-reactive ketones (excluding diaryl/α,β-unsaturated/α-hetero) is 1. The van der Waals surface area contributed by atoms with E-state index in [2.05, 4.69) is 6.92 Å². The van der Waals surface area contributed by atoms with Crippen molar-refractivity contribution < 1.29 is 9.53 Å². The second kappa shape index (κ2) is 4.72. The molecule has 1 saturated heterocycles. The van der Waals surface area contributed by atoms with Crippen molar-refractivity contribution in [2.75, 3.05) is 6.61 Å². The van der Waals surface area contributed by atoms with E-state index in [9.17, 15) is 4.79 Å². The van der Waals surface area contributed by atoms with Gasteiger partial charge >= 0.3 is 0 Å². The lowest BCUT2D eigenvalue weighted by Gasteiger charge is -2.23. The maximum Gasteiger partial charge on any atom is 0.138 e. The van der Waals surface area contributed by atoms with Gasteiger partial charge < -0.3 is 4.74 Å². The van der Waals surface area contributed by atoms with Crippen LogP contribution in [-0.2, 0) is 9.53 Å². The van der Waals surface area contributed by atoms with Crippen LogP contribution < -0.4 is 0 Å². The van der Waals surface area contributed by atoms with Crippen molar-refractivity contribution in [2.45, 2.75) is 58.0 Å². The fourth-order valence-electron chi connectivity index (χ4n) is 4.46. The molecule has 3 rings (SSSR count). The predicted octanol–water partition coefficient (Wildman–Crippen LogP) is 3.20. The number of fused-ring (bicyclic) bond motifs is 2. The SMILES string of the molecule is CCC1OCCC1C(=O)CC1CC2CCC1C2. The summed E-state index contributed by atoms with van der Waals surface area (Å²) in [6.07, 6.45) is 8.61. The monoisotopic (exact) mass is 236 g/mol. The largest absolute Gasteiger partial charge is 0.377 e. The first-order valence-electron chi connectivity index (χ1n) is 7.42. The molecule has 2 heteroatoms. The van der Waals surface area contributed by atoms with Crippen LogP contribution in [0, 0.1) is 23.7 Å². The van der Waals surface area contributed by atoms with Crippen LogP contribution in [0.5, 0.6) is 0 Å². The van der Waals surface area contributed by atoms with Gasteiger partial charge in [0.2, 0.25) is 0 Å². The van der Waals surface area contributed by atoms with Crippen LogP contribution in [0.3, 0.4) is 0 Å². The number of ketones is 1. The summed E-state index contributed by atoms with van der Waals surface area (Å²) >= 11 is 0. The first kappa shape index (κ1) is 11.7. The lowest BCUT2D eigenvalue weighted by atomic mass is 9.81. The van der Waals surface area contributed by atoms with Crippen LogP contribution in [0.4, 0.5) is 0 Å². The van der Waals surface area contributed by atoms with E-state index in [-0.39, 0.29) is 12.0 Å². The lowest BCUT2D eigenvalue weighted by molar-refractivity contribution is -0.125. The van der Waals surface area contributed by atoms with Crippen LogP contribution in [0.2, 0.25) is 0 Å². The van der Waals surface area contributed by atoms with Gasteiger partial charge in [-0.05, 0) is 49.9 Å². The second-order valence-electron chi connectivity index (χ2n) is 6.32. The Morgan fingerprint density at radius 2 is 2.12 bits per heavy atom. The van der Waals surface area contributed by atoms with E-state index in [4.69, 9.17) is 4.74 Å². The standard InChI is InChI=1S/C15H24O2/c1-2-15-13(5-6-17-15)14(16)9-12-8-10-3-4-11(12)7-10/h10-13,15H,2-9H2,1H3. The Bertz CT molecular complexity index is 299. The molecule has 0 spiro atoms.